The largest absolute Gasteiger partial charge is 0.338 e. The summed E-state index contributed by atoms with van der Waals surface area (Å²) in [5.74, 6) is -0.340. The SMILES string of the molecule is CN1CCN(C(=O)C(NC(=O)c2n[nH]c3c2CCCC3)c2ccccc2)CC1. The van der Waals surface area contributed by atoms with Crippen LogP contribution in [-0.2, 0) is 17.6 Å². The molecule has 1 saturated heterocycles. The van der Waals surface area contributed by atoms with Gasteiger partial charge in [0, 0.05) is 37.4 Å². The number of carbonyl (C=O) groups excluding carboxylic acids is 2. The van der Waals surface area contributed by atoms with E-state index in [0.29, 0.717) is 18.8 Å². The number of nitrogens with zero attached hydrogens (tertiary/aromatic N) is 3. The number of amides is 2. The molecular weight excluding hydrogens is 354 g/mol. The van der Waals surface area contributed by atoms with Crippen LogP contribution < -0.4 is 5.32 Å². The van der Waals surface area contributed by atoms with E-state index in [2.05, 4.69) is 27.5 Å². The van der Waals surface area contributed by atoms with Crippen molar-refractivity contribution >= 4 is 11.8 Å². The number of piperazine rings is 1. The molecule has 2 N–H and O–H groups in total. The van der Waals surface area contributed by atoms with Gasteiger partial charge in [-0.3, -0.25) is 14.7 Å². The van der Waals surface area contributed by atoms with Crippen molar-refractivity contribution in [3.8, 4) is 0 Å². The second kappa shape index (κ2) is 8.14. The molecule has 2 amide bonds. The van der Waals surface area contributed by atoms with Crippen LogP contribution in [0.2, 0.25) is 0 Å². The molecule has 2 heterocycles. The number of benzene rings is 1. The summed E-state index contributed by atoms with van der Waals surface area (Å²) in [5, 5.41) is 10.2. The van der Waals surface area contributed by atoms with Gasteiger partial charge in [-0.15, -0.1) is 0 Å². The predicted octanol–water partition coefficient (Wildman–Crippen LogP) is 1.53. The molecule has 4 rings (SSSR count). The molecule has 7 heteroatoms. The number of rotatable bonds is 4. The summed E-state index contributed by atoms with van der Waals surface area (Å²) in [6.07, 6.45) is 3.97. The molecule has 1 fully saturated rings. The molecule has 148 valence electrons. The van der Waals surface area contributed by atoms with Crippen LogP contribution in [0.15, 0.2) is 30.3 Å². The normalized spacial score (nSPS) is 18.4. The summed E-state index contributed by atoms with van der Waals surface area (Å²) >= 11 is 0. The Kier molecular flexibility index (Phi) is 5.43. The lowest BCUT2D eigenvalue weighted by atomic mass is 9.95. The number of H-pyrrole nitrogens is 1. The highest BCUT2D eigenvalue weighted by Crippen LogP contribution is 2.23. The van der Waals surface area contributed by atoms with Crippen molar-refractivity contribution in [2.45, 2.75) is 31.7 Å². The van der Waals surface area contributed by atoms with Crippen LogP contribution >= 0.6 is 0 Å². The third-order valence-electron chi connectivity index (χ3n) is 5.74. The van der Waals surface area contributed by atoms with Crippen LogP contribution in [0.1, 0.15) is 46.2 Å². The number of aryl methyl sites for hydroxylation is 1. The molecule has 1 unspecified atom stereocenters. The second-order valence-corrected chi connectivity index (χ2v) is 7.68. The standard InChI is InChI=1S/C21H27N5O2/c1-25-11-13-26(14-12-25)21(28)18(15-7-3-2-4-8-15)22-20(27)19-16-9-5-6-10-17(16)23-24-19/h2-4,7-8,18H,5-6,9-14H2,1H3,(H,22,27)(H,23,24). The van der Waals surface area contributed by atoms with Crippen LogP contribution in [0.5, 0.6) is 0 Å². The zero-order valence-electron chi connectivity index (χ0n) is 16.3. The number of nitrogens with one attached hydrogen (secondary N) is 2. The van der Waals surface area contributed by atoms with E-state index in [9.17, 15) is 9.59 Å². The lowest BCUT2D eigenvalue weighted by Gasteiger charge is -2.34. The molecule has 0 bridgehead atoms. The van der Waals surface area contributed by atoms with E-state index < -0.39 is 6.04 Å². The van der Waals surface area contributed by atoms with Crippen LogP contribution in [0, 0.1) is 0 Å². The maximum atomic E-state index is 13.3. The first kappa shape index (κ1) is 18.7. The minimum atomic E-state index is -0.701. The average Bonchev–Trinajstić information content (AvgIpc) is 3.17. The molecule has 1 aromatic heterocycles. The molecular formula is C21H27N5O2. The highest BCUT2D eigenvalue weighted by Gasteiger charge is 2.31. The summed E-state index contributed by atoms with van der Waals surface area (Å²) in [4.78, 5) is 30.3. The van der Waals surface area contributed by atoms with Crippen molar-refractivity contribution < 1.29 is 9.59 Å². The van der Waals surface area contributed by atoms with Crippen LogP contribution in [0.25, 0.3) is 0 Å². The molecule has 2 aromatic rings. The molecule has 1 aliphatic carbocycles. The zero-order valence-corrected chi connectivity index (χ0v) is 16.3. The maximum Gasteiger partial charge on any atom is 0.272 e. The molecule has 0 saturated carbocycles. The van der Waals surface area contributed by atoms with E-state index >= 15 is 0 Å². The topological polar surface area (TPSA) is 81.3 Å². The first-order valence-corrected chi connectivity index (χ1v) is 10.0. The van der Waals surface area contributed by atoms with Crippen molar-refractivity contribution in [3.63, 3.8) is 0 Å². The van der Waals surface area contributed by atoms with Gasteiger partial charge in [-0.25, -0.2) is 0 Å². The molecule has 2 aliphatic rings. The number of hydrogen-bond donors (Lipinski definition) is 2. The average molecular weight is 381 g/mol. The number of aromatic nitrogens is 2. The lowest BCUT2D eigenvalue weighted by Crippen LogP contribution is -2.51. The Hall–Kier alpha value is -2.67. The summed E-state index contributed by atoms with van der Waals surface area (Å²) in [6, 6.07) is 8.77. The Morgan fingerprint density at radius 2 is 1.79 bits per heavy atom. The molecule has 1 aliphatic heterocycles. The maximum absolute atomic E-state index is 13.3. The third-order valence-corrected chi connectivity index (χ3v) is 5.74. The van der Waals surface area contributed by atoms with Gasteiger partial charge < -0.3 is 15.1 Å². The molecule has 0 spiro atoms. The van der Waals surface area contributed by atoms with Gasteiger partial charge in [-0.2, -0.15) is 5.10 Å². The number of carbonyl (C=O) groups is 2. The molecule has 1 atom stereocenters. The first-order valence-electron chi connectivity index (χ1n) is 10.0. The fourth-order valence-electron chi connectivity index (χ4n) is 4.01. The van der Waals surface area contributed by atoms with Gasteiger partial charge in [0.05, 0.1) is 0 Å². The second-order valence-electron chi connectivity index (χ2n) is 7.68. The van der Waals surface area contributed by atoms with Crippen molar-refractivity contribution in [3.05, 3.63) is 52.8 Å². The molecule has 1 aromatic carbocycles. The van der Waals surface area contributed by atoms with E-state index in [-0.39, 0.29) is 11.8 Å². The quantitative estimate of drug-likeness (QED) is 0.842. The third kappa shape index (κ3) is 3.80. The van der Waals surface area contributed by atoms with E-state index in [1.165, 1.54) is 0 Å². The Labute approximate surface area is 165 Å². The summed E-state index contributed by atoms with van der Waals surface area (Å²) in [5.41, 5.74) is 3.28. The monoisotopic (exact) mass is 381 g/mol. The molecule has 28 heavy (non-hydrogen) atoms. The smallest absolute Gasteiger partial charge is 0.272 e. The van der Waals surface area contributed by atoms with Crippen LogP contribution in [0.3, 0.4) is 0 Å². The van der Waals surface area contributed by atoms with Gasteiger partial charge in [-0.05, 0) is 38.3 Å². The van der Waals surface area contributed by atoms with Crippen molar-refractivity contribution in [2.75, 3.05) is 33.2 Å². The summed E-state index contributed by atoms with van der Waals surface area (Å²) in [7, 11) is 2.05. The number of hydrogen-bond acceptors (Lipinski definition) is 4. The number of fused-ring (bicyclic) bond motifs is 1. The van der Waals surface area contributed by atoms with Crippen LogP contribution in [0.4, 0.5) is 0 Å². The van der Waals surface area contributed by atoms with E-state index in [0.717, 1.165) is 55.6 Å². The van der Waals surface area contributed by atoms with Gasteiger partial charge in [0.1, 0.15) is 6.04 Å². The molecule has 0 radical (unpaired) electrons. The van der Waals surface area contributed by atoms with Crippen LogP contribution in [-0.4, -0.2) is 65.0 Å². The van der Waals surface area contributed by atoms with Gasteiger partial charge in [-0.1, -0.05) is 30.3 Å². The Bertz CT molecular complexity index is 840. The minimum absolute atomic E-state index is 0.0583. The highest BCUT2D eigenvalue weighted by molar-refractivity contribution is 5.97. The number of aromatic amines is 1. The number of likely N-dealkylation sites (N-methyl/N-ethyl adjacent to an activating group) is 1. The van der Waals surface area contributed by atoms with Gasteiger partial charge in [0.15, 0.2) is 5.69 Å². The van der Waals surface area contributed by atoms with E-state index in [4.69, 9.17) is 0 Å². The fraction of sp³-hybridized carbons (Fsp3) is 0.476. The predicted molar refractivity (Wildman–Crippen MR) is 106 cm³/mol. The Balaban J connectivity index is 1.56. The van der Waals surface area contributed by atoms with Crippen molar-refractivity contribution in [1.82, 2.24) is 25.3 Å². The molecule has 7 nitrogen and oxygen atoms in total. The zero-order chi connectivity index (χ0) is 19.5. The lowest BCUT2D eigenvalue weighted by molar-refractivity contribution is -0.135. The minimum Gasteiger partial charge on any atom is -0.338 e. The highest BCUT2D eigenvalue weighted by atomic mass is 16.2. The van der Waals surface area contributed by atoms with Crippen molar-refractivity contribution in [1.29, 1.82) is 0 Å². The fourth-order valence-corrected chi connectivity index (χ4v) is 4.01. The summed E-state index contributed by atoms with van der Waals surface area (Å²) in [6.45, 7) is 3.03. The van der Waals surface area contributed by atoms with Crippen molar-refractivity contribution in [2.24, 2.45) is 0 Å². The van der Waals surface area contributed by atoms with E-state index in [1.807, 2.05) is 35.2 Å². The van der Waals surface area contributed by atoms with E-state index in [1.54, 1.807) is 0 Å². The summed E-state index contributed by atoms with van der Waals surface area (Å²) < 4.78 is 0. The van der Waals surface area contributed by atoms with Gasteiger partial charge in [0.25, 0.3) is 5.91 Å². The Morgan fingerprint density at radius 1 is 1.07 bits per heavy atom. The first-order chi connectivity index (χ1) is 13.6. The van der Waals surface area contributed by atoms with Gasteiger partial charge >= 0.3 is 0 Å². The Morgan fingerprint density at radius 3 is 2.54 bits per heavy atom. The van der Waals surface area contributed by atoms with Gasteiger partial charge in [0.2, 0.25) is 5.91 Å².